The molecule has 1 heterocycles. The minimum Gasteiger partial charge on any atom is -0.342 e. The quantitative estimate of drug-likeness (QED) is 0.915. The van der Waals surface area contributed by atoms with Gasteiger partial charge >= 0.3 is 0 Å². The maximum atomic E-state index is 12.3. The van der Waals surface area contributed by atoms with Crippen LogP contribution in [0.3, 0.4) is 0 Å². The van der Waals surface area contributed by atoms with E-state index >= 15 is 0 Å². The molecule has 0 spiro atoms. The summed E-state index contributed by atoms with van der Waals surface area (Å²) in [6.07, 6.45) is 9.53. The van der Waals surface area contributed by atoms with Crippen molar-refractivity contribution >= 4 is 17.5 Å². The van der Waals surface area contributed by atoms with Crippen LogP contribution in [0.2, 0.25) is 0 Å². The Morgan fingerprint density at radius 1 is 0.917 bits per heavy atom. The molecule has 0 atom stereocenters. The Labute approximate surface area is 144 Å². The van der Waals surface area contributed by atoms with Crippen molar-refractivity contribution in [1.29, 1.82) is 0 Å². The molecule has 130 valence electrons. The number of nitrogens with zero attached hydrogens (tertiary/aromatic N) is 1. The fourth-order valence-corrected chi connectivity index (χ4v) is 3.74. The molecular weight excluding hydrogens is 300 g/mol. The number of likely N-dealkylation sites (tertiary alicyclic amines) is 1. The largest absolute Gasteiger partial charge is 0.342 e. The topological polar surface area (TPSA) is 49.4 Å². The second-order valence-corrected chi connectivity index (χ2v) is 7.14. The van der Waals surface area contributed by atoms with Gasteiger partial charge in [-0.15, -0.1) is 0 Å². The smallest absolute Gasteiger partial charge is 0.227 e. The van der Waals surface area contributed by atoms with Crippen molar-refractivity contribution in [2.24, 2.45) is 5.92 Å². The number of piperidine rings is 1. The third kappa shape index (κ3) is 4.59. The van der Waals surface area contributed by atoms with E-state index in [1.54, 1.807) is 0 Å². The number of nitrogens with one attached hydrogen (secondary N) is 1. The Kier molecular flexibility index (Phi) is 5.89. The number of anilines is 1. The molecule has 0 bridgehead atoms. The van der Waals surface area contributed by atoms with Gasteiger partial charge in [0.2, 0.25) is 11.8 Å². The van der Waals surface area contributed by atoms with E-state index < -0.39 is 0 Å². The summed E-state index contributed by atoms with van der Waals surface area (Å²) in [5.41, 5.74) is 1.85. The summed E-state index contributed by atoms with van der Waals surface area (Å²) in [5.74, 6) is 0.527. The van der Waals surface area contributed by atoms with Crippen molar-refractivity contribution in [1.82, 2.24) is 4.90 Å². The summed E-state index contributed by atoms with van der Waals surface area (Å²) in [4.78, 5) is 26.5. The zero-order valence-corrected chi connectivity index (χ0v) is 14.4. The lowest BCUT2D eigenvalue weighted by Crippen LogP contribution is -2.36. The van der Waals surface area contributed by atoms with Crippen LogP contribution in [-0.2, 0) is 16.0 Å². The first kappa shape index (κ1) is 17.0. The van der Waals surface area contributed by atoms with Crippen molar-refractivity contribution < 1.29 is 9.59 Å². The van der Waals surface area contributed by atoms with Crippen LogP contribution in [0.5, 0.6) is 0 Å². The fraction of sp³-hybridized carbons (Fsp3) is 0.600. The van der Waals surface area contributed by atoms with Crippen LogP contribution in [0.25, 0.3) is 0 Å². The molecule has 1 saturated carbocycles. The molecule has 2 fully saturated rings. The molecule has 0 aromatic heterocycles. The number of amides is 2. The second kappa shape index (κ2) is 8.32. The first-order chi connectivity index (χ1) is 11.7. The van der Waals surface area contributed by atoms with Crippen molar-refractivity contribution in [2.45, 2.75) is 57.8 Å². The van der Waals surface area contributed by atoms with Gasteiger partial charge in [-0.2, -0.15) is 0 Å². The van der Waals surface area contributed by atoms with E-state index in [0.717, 1.165) is 62.9 Å². The minimum absolute atomic E-state index is 0.145. The van der Waals surface area contributed by atoms with E-state index in [2.05, 4.69) is 5.32 Å². The van der Waals surface area contributed by atoms with E-state index in [1.807, 2.05) is 29.2 Å². The zero-order chi connectivity index (χ0) is 16.8. The first-order valence-corrected chi connectivity index (χ1v) is 9.40. The summed E-state index contributed by atoms with van der Waals surface area (Å²) >= 11 is 0. The molecule has 2 aliphatic rings. The van der Waals surface area contributed by atoms with Gasteiger partial charge in [-0.05, 0) is 49.8 Å². The van der Waals surface area contributed by atoms with Gasteiger partial charge in [0.25, 0.3) is 0 Å². The highest BCUT2D eigenvalue weighted by atomic mass is 16.2. The lowest BCUT2D eigenvalue weighted by Gasteiger charge is -2.26. The molecule has 24 heavy (non-hydrogen) atoms. The zero-order valence-electron chi connectivity index (χ0n) is 14.4. The minimum atomic E-state index is 0.145. The Hall–Kier alpha value is -1.84. The molecule has 1 aliphatic carbocycles. The molecule has 3 rings (SSSR count). The molecule has 1 N–H and O–H groups in total. The van der Waals surface area contributed by atoms with Crippen molar-refractivity contribution in [3.63, 3.8) is 0 Å². The molecule has 1 aliphatic heterocycles. The van der Waals surface area contributed by atoms with Crippen molar-refractivity contribution in [3.05, 3.63) is 29.8 Å². The second-order valence-electron chi connectivity index (χ2n) is 7.14. The van der Waals surface area contributed by atoms with Crippen LogP contribution < -0.4 is 5.32 Å². The molecule has 0 radical (unpaired) electrons. The van der Waals surface area contributed by atoms with E-state index in [1.165, 1.54) is 12.8 Å². The number of rotatable bonds is 4. The molecule has 4 nitrogen and oxygen atoms in total. The van der Waals surface area contributed by atoms with Gasteiger partial charge in [0.05, 0.1) is 6.42 Å². The van der Waals surface area contributed by atoms with Crippen molar-refractivity contribution in [2.75, 3.05) is 18.4 Å². The Morgan fingerprint density at radius 2 is 1.54 bits per heavy atom. The van der Waals surface area contributed by atoms with Crippen LogP contribution in [-0.4, -0.2) is 29.8 Å². The summed E-state index contributed by atoms with van der Waals surface area (Å²) in [5, 5.41) is 3.02. The van der Waals surface area contributed by atoms with Crippen LogP contribution in [0, 0.1) is 5.92 Å². The van der Waals surface area contributed by atoms with Gasteiger partial charge in [-0.1, -0.05) is 31.4 Å². The molecule has 1 aromatic carbocycles. The lowest BCUT2D eigenvalue weighted by molar-refractivity contribution is -0.131. The van der Waals surface area contributed by atoms with Crippen LogP contribution >= 0.6 is 0 Å². The molecule has 2 amide bonds. The summed E-state index contributed by atoms with van der Waals surface area (Å²) in [6, 6.07) is 7.75. The predicted octanol–water partition coefficient (Wildman–Crippen LogP) is 3.76. The number of benzene rings is 1. The summed E-state index contributed by atoms with van der Waals surface area (Å²) < 4.78 is 0. The molecule has 1 saturated heterocycles. The van der Waals surface area contributed by atoms with E-state index in [4.69, 9.17) is 0 Å². The lowest BCUT2D eigenvalue weighted by atomic mass is 9.88. The molecule has 4 heteroatoms. The fourth-order valence-electron chi connectivity index (χ4n) is 3.74. The van der Waals surface area contributed by atoms with Crippen molar-refractivity contribution in [3.8, 4) is 0 Å². The number of carbonyl (C=O) groups is 2. The maximum Gasteiger partial charge on any atom is 0.227 e. The SMILES string of the molecule is O=C(Nc1ccc(CC(=O)N2CCCCC2)cc1)C1CCCCC1. The van der Waals surface area contributed by atoms with E-state index in [-0.39, 0.29) is 17.7 Å². The maximum absolute atomic E-state index is 12.3. The Morgan fingerprint density at radius 3 is 2.21 bits per heavy atom. The number of hydrogen-bond donors (Lipinski definition) is 1. The summed E-state index contributed by atoms with van der Waals surface area (Å²) in [6.45, 7) is 1.79. The number of carbonyl (C=O) groups excluding carboxylic acids is 2. The molecule has 1 aromatic rings. The Balaban J connectivity index is 1.51. The highest BCUT2D eigenvalue weighted by Crippen LogP contribution is 2.25. The van der Waals surface area contributed by atoms with Gasteiger partial charge in [-0.3, -0.25) is 9.59 Å². The third-order valence-corrected chi connectivity index (χ3v) is 5.26. The Bertz CT molecular complexity index is 505. The average Bonchev–Trinajstić information content (AvgIpc) is 2.65. The highest BCUT2D eigenvalue weighted by molar-refractivity contribution is 5.92. The average molecular weight is 328 g/mol. The van der Waals surface area contributed by atoms with Gasteiger partial charge in [0.15, 0.2) is 0 Å². The monoisotopic (exact) mass is 328 g/mol. The predicted molar refractivity (Wildman–Crippen MR) is 95.8 cm³/mol. The molecular formula is C20H28N2O2. The van der Waals surface area contributed by atoms with Crippen LogP contribution in [0.15, 0.2) is 24.3 Å². The summed E-state index contributed by atoms with van der Waals surface area (Å²) in [7, 11) is 0. The highest BCUT2D eigenvalue weighted by Gasteiger charge is 2.21. The molecule has 0 unspecified atom stereocenters. The van der Waals surface area contributed by atoms with Crippen LogP contribution in [0.1, 0.15) is 56.9 Å². The standard InChI is InChI=1S/C20H28N2O2/c23-19(22-13-5-2-6-14-22)15-16-9-11-18(12-10-16)21-20(24)17-7-3-1-4-8-17/h9-12,17H,1-8,13-15H2,(H,21,24). The van der Waals surface area contributed by atoms with Gasteiger partial charge in [0, 0.05) is 24.7 Å². The van der Waals surface area contributed by atoms with Gasteiger partial charge in [-0.25, -0.2) is 0 Å². The first-order valence-electron chi connectivity index (χ1n) is 9.40. The number of hydrogen-bond acceptors (Lipinski definition) is 2. The van der Waals surface area contributed by atoms with E-state index in [9.17, 15) is 9.59 Å². The van der Waals surface area contributed by atoms with E-state index in [0.29, 0.717) is 6.42 Å². The van der Waals surface area contributed by atoms with Gasteiger partial charge in [0.1, 0.15) is 0 Å². The van der Waals surface area contributed by atoms with Gasteiger partial charge < -0.3 is 10.2 Å². The van der Waals surface area contributed by atoms with Crippen LogP contribution in [0.4, 0.5) is 5.69 Å². The normalized spacial score (nSPS) is 19.1. The third-order valence-electron chi connectivity index (χ3n) is 5.26.